The summed E-state index contributed by atoms with van der Waals surface area (Å²) in [5.41, 5.74) is 2.48. The number of ether oxygens (including phenoxy) is 1. The third-order valence-electron chi connectivity index (χ3n) is 4.30. The van der Waals surface area contributed by atoms with Crippen LogP contribution in [0.3, 0.4) is 0 Å². The van der Waals surface area contributed by atoms with Gasteiger partial charge in [-0.25, -0.2) is 9.59 Å². The smallest absolute Gasteiger partial charge is 0.340 e. The van der Waals surface area contributed by atoms with E-state index in [1.807, 2.05) is 12.1 Å². The van der Waals surface area contributed by atoms with Crippen LogP contribution in [-0.4, -0.2) is 37.1 Å². The summed E-state index contributed by atoms with van der Waals surface area (Å²) in [6, 6.07) is 6.31. The molecule has 0 saturated carbocycles. The number of anilines is 1. The molecule has 3 amide bonds. The van der Waals surface area contributed by atoms with Crippen molar-refractivity contribution in [3.8, 4) is 0 Å². The maximum Gasteiger partial charge on any atom is 0.340 e. The van der Waals surface area contributed by atoms with E-state index in [-0.39, 0.29) is 6.04 Å². The number of amides is 3. The molecule has 0 unspecified atom stereocenters. The third-order valence-corrected chi connectivity index (χ3v) is 4.30. The minimum atomic E-state index is -0.679. The highest BCUT2D eigenvalue weighted by Gasteiger charge is 2.15. The predicted octanol–water partition coefficient (Wildman–Crippen LogP) is 3.38. The number of carbonyl (C=O) groups excluding carboxylic acids is 3. The largest absolute Gasteiger partial charge is 0.452 e. The van der Waals surface area contributed by atoms with Crippen molar-refractivity contribution in [1.29, 1.82) is 0 Å². The molecule has 0 spiro atoms. The second kappa shape index (κ2) is 11.1. The van der Waals surface area contributed by atoms with Gasteiger partial charge in [0.25, 0.3) is 5.91 Å². The van der Waals surface area contributed by atoms with Crippen LogP contribution >= 0.6 is 0 Å². The van der Waals surface area contributed by atoms with Crippen molar-refractivity contribution >= 4 is 23.6 Å². The lowest BCUT2D eigenvalue weighted by Crippen LogP contribution is -2.44. The quantitative estimate of drug-likeness (QED) is 0.469. The van der Waals surface area contributed by atoms with E-state index in [2.05, 4.69) is 22.0 Å². The van der Waals surface area contributed by atoms with E-state index in [1.54, 1.807) is 26.0 Å². The van der Waals surface area contributed by atoms with Crippen molar-refractivity contribution < 1.29 is 19.1 Å². The van der Waals surface area contributed by atoms with Gasteiger partial charge >= 0.3 is 12.0 Å². The van der Waals surface area contributed by atoms with Crippen LogP contribution in [0.4, 0.5) is 10.5 Å². The SMILES string of the molecule is CC(C)NC(=O)NC(=O)COC(=O)c1ccccc1NCCC1=CCCCC1. The summed E-state index contributed by atoms with van der Waals surface area (Å²) in [6.45, 7) is 3.76. The monoisotopic (exact) mass is 387 g/mol. The molecule has 0 radical (unpaired) electrons. The Kier molecular flexibility index (Phi) is 8.52. The molecule has 1 aromatic rings. The van der Waals surface area contributed by atoms with Crippen LogP contribution in [0.1, 0.15) is 56.3 Å². The molecule has 0 fully saturated rings. The number of hydrogen-bond acceptors (Lipinski definition) is 5. The molecule has 2 rings (SSSR count). The van der Waals surface area contributed by atoms with Crippen LogP contribution in [0.2, 0.25) is 0 Å². The maximum absolute atomic E-state index is 12.3. The van der Waals surface area contributed by atoms with Gasteiger partial charge in [0.15, 0.2) is 6.61 Å². The molecule has 0 saturated heterocycles. The number of esters is 1. The van der Waals surface area contributed by atoms with E-state index >= 15 is 0 Å². The summed E-state index contributed by atoms with van der Waals surface area (Å²) in [5, 5.41) is 7.92. The molecule has 1 aromatic carbocycles. The summed E-state index contributed by atoms with van der Waals surface area (Å²) in [7, 11) is 0. The van der Waals surface area contributed by atoms with Gasteiger partial charge in [-0.2, -0.15) is 0 Å². The predicted molar refractivity (Wildman–Crippen MR) is 108 cm³/mol. The Balaban J connectivity index is 1.83. The van der Waals surface area contributed by atoms with Crippen LogP contribution in [0.5, 0.6) is 0 Å². The lowest BCUT2D eigenvalue weighted by atomic mass is 9.97. The number of nitrogens with one attached hydrogen (secondary N) is 3. The normalized spacial score (nSPS) is 13.5. The van der Waals surface area contributed by atoms with Gasteiger partial charge in [-0.05, 0) is 58.1 Å². The Bertz CT molecular complexity index is 728. The van der Waals surface area contributed by atoms with Gasteiger partial charge in [0.1, 0.15) is 0 Å². The van der Waals surface area contributed by atoms with Crippen LogP contribution in [-0.2, 0) is 9.53 Å². The highest BCUT2D eigenvalue weighted by Crippen LogP contribution is 2.21. The summed E-state index contributed by atoms with van der Waals surface area (Å²) < 4.78 is 5.05. The van der Waals surface area contributed by atoms with Crippen molar-refractivity contribution in [3.63, 3.8) is 0 Å². The molecule has 1 aliphatic carbocycles. The lowest BCUT2D eigenvalue weighted by molar-refractivity contribution is -0.123. The van der Waals surface area contributed by atoms with Crippen molar-refractivity contribution in [2.45, 2.75) is 52.0 Å². The maximum atomic E-state index is 12.3. The van der Waals surface area contributed by atoms with Gasteiger partial charge in [-0.3, -0.25) is 10.1 Å². The molecule has 0 atom stereocenters. The molecule has 152 valence electrons. The first-order chi connectivity index (χ1) is 13.5. The molecule has 0 aromatic heterocycles. The zero-order chi connectivity index (χ0) is 20.4. The molecule has 7 nitrogen and oxygen atoms in total. The minimum absolute atomic E-state index is 0.0994. The van der Waals surface area contributed by atoms with Crippen LogP contribution < -0.4 is 16.0 Å². The summed E-state index contributed by atoms with van der Waals surface area (Å²) >= 11 is 0. The van der Waals surface area contributed by atoms with Crippen molar-refractivity contribution in [1.82, 2.24) is 10.6 Å². The van der Waals surface area contributed by atoms with Gasteiger partial charge in [0, 0.05) is 18.3 Å². The fourth-order valence-corrected chi connectivity index (χ4v) is 2.97. The van der Waals surface area contributed by atoms with Crippen LogP contribution in [0.25, 0.3) is 0 Å². The Hall–Kier alpha value is -2.83. The first kappa shape index (κ1) is 21.5. The second-order valence-electron chi connectivity index (χ2n) is 7.08. The van der Waals surface area contributed by atoms with E-state index < -0.39 is 24.5 Å². The number of imide groups is 1. The summed E-state index contributed by atoms with van der Waals surface area (Å²) in [4.78, 5) is 35.6. The number of carbonyl (C=O) groups is 3. The average molecular weight is 387 g/mol. The van der Waals surface area contributed by atoms with Crippen LogP contribution in [0.15, 0.2) is 35.9 Å². The molecular weight excluding hydrogens is 358 g/mol. The highest BCUT2D eigenvalue weighted by molar-refractivity contribution is 5.99. The number of urea groups is 1. The fraction of sp³-hybridized carbons (Fsp3) is 0.476. The zero-order valence-corrected chi connectivity index (χ0v) is 16.5. The Morgan fingerprint density at radius 2 is 1.93 bits per heavy atom. The molecule has 3 N–H and O–H groups in total. The Morgan fingerprint density at radius 1 is 1.14 bits per heavy atom. The third kappa shape index (κ3) is 7.42. The topological polar surface area (TPSA) is 96.5 Å². The lowest BCUT2D eigenvalue weighted by Gasteiger charge is -2.15. The van der Waals surface area contributed by atoms with Gasteiger partial charge in [0.2, 0.25) is 0 Å². The van der Waals surface area contributed by atoms with E-state index in [9.17, 15) is 14.4 Å². The molecule has 0 bridgehead atoms. The molecule has 1 aliphatic rings. The van der Waals surface area contributed by atoms with Crippen molar-refractivity contribution in [2.75, 3.05) is 18.5 Å². The molecule has 28 heavy (non-hydrogen) atoms. The summed E-state index contributed by atoms with van der Waals surface area (Å²) in [6.07, 6.45) is 8.04. The van der Waals surface area contributed by atoms with Gasteiger partial charge in [-0.1, -0.05) is 23.8 Å². The van der Waals surface area contributed by atoms with Gasteiger partial charge < -0.3 is 15.4 Å². The van der Waals surface area contributed by atoms with Crippen molar-refractivity contribution in [2.24, 2.45) is 0 Å². The van der Waals surface area contributed by atoms with Gasteiger partial charge in [-0.15, -0.1) is 0 Å². The molecule has 0 heterocycles. The minimum Gasteiger partial charge on any atom is -0.452 e. The second-order valence-corrected chi connectivity index (χ2v) is 7.08. The number of benzene rings is 1. The molecule has 7 heteroatoms. The van der Waals surface area contributed by atoms with E-state index in [0.29, 0.717) is 11.3 Å². The first-order valence-electron chi connectivity index (χ1n) is 9.74. The van der Waals surface area contributed by atoms with E-state index in [0.717, 1.165) is 25.8 Å². The average Bonchev–Trinajstić information content (AvgIpc) is 2.66. The number of para-hydroxylation sites is 1. The van der Waals surface area contributed by atoms with Crippen LogP contribution in [0, 0.1) is 0 Å². The molecule has 0 aliphatic heterocycles. The van der Waals surface area contributed by atoms with E-state index in [1.165, 1.54) is 18.4 Å². The number of rotatable bonds is 8. The first-order valence-corrected chi connectivity index (χ1v) is 9.74. The number of hydrogen-bond donors (Lipinski definition) is 3. The summed E-state index contributed by atoms with van der Waals surface area (Å²) in [5.74, 6) is -1.29. The fourth-order valence-electron chi connectivity index (χ4n) is 2.97. The Morgan fingerprint density at radius 3 is 2.64 bits per heavy atom. The number of allylic oxidation sites excluding steroid dienone is 1. The highest BCUT2D eigenvalue weighted by atomic mass is 16.5. The Labute approximate surface area is 165 Å². The van der Waals surface area contributed by atoms with Gasteiger partial charge in [0.05, 0.1) is 5.56 Å². The van der Waals surface area contributed by atoms with Crippen molar-refractivity contribution in [3.05, 3.63) is 41.5 Å². The standard InChI is InChI=1S/C21H29N3O4/c1-15(2)23-21(27)24-19(25)14-28-20(26)17-10-6-7-11-18(17)22-13-12-16-8-4-3-5-9-16/h6-8,10-11,15,22H,3-5,9,12-14H2,1-2H3,(H2,23,24,25,27). The van der Waals surface area contributed by atoms with E-state index in [4.69, 9.17) is 4.74 Å². The molecular formula is C21H29N3O4. The zero-order valence-electron chi connectivity index (χ0n) is 16.5.